The summed E-state index contributed by atoms with van der Waals surface area (Å²) in [6, 6.07) is 10.4. The summed E-state index contributed by atoms with van der Waals surface area (Å²) in [6.07, 6.45) is 2.01. The molecule has 2 aromatic carbocycles. The van der Waals surface area contributed by atoms with Crippen LogP contribution in [0.1, 0.15) is 35.2 Å². The molecule has 2 aromatic rings. The van der Waals surface area contributed by atoms with E-state index in [0.29, 0.717) is 42.1 Å². The molecule has 0 aromatic heterocycles. The first-order valence-electron chi connectivity index (χ1n) is 9.70. The van der Waals surface area contributed by atoms with Gasteiger partial charge in [0.2, 0.25) is 11.8 Å². The Morgan fingerprint density at radius 1 is 1.17 bits per heavy atom. The molecule has 3 amide bonds. The molecule has 0 saturated carbocycles. The summed E-state index contributed by atoms with van der Waals surface area (Å²) < 4.78 is 5.73. The number of nitrogens with zero attached hydrogens (tertiary/aromatic N) is 1. The molecule has 0 fully saturated rings. The lowest BCUT2D eigenvalue weighted by atomic mass is 10.0. The minimum Gasteiger partial charge on any atom is -0.494 e. The maximum Gasteiger partial charge on any atom is 0.254 e. The van der Waals surface area contributed by atoms with Crippen LogP contribution in [0.5, 0.6) is 5.75 Å². The standard InChI is InChI=1S/C22H24ClN3O4/c1-26(2)22(29)17-8-6-15(13-18(17)23)24-20(27)4-3-11-30-16-7-9-19-14(12-16)5-10-21(28)25-19/h6-9,12-13H,3-5,10-11H2,1-2H3,(H,24,27)(H,25,28). The number of fused-ring (bicyclic) bond motifs is 1. The molecule has 2 N–H and O–H groups in total. The highest BCUT2D eigenvalue weighted by molar-refractivity contribution is 6.34. The zero-order valence-corrected chi connectivity index (χ0v) is 17.7. The molecule has 0 radical (unpaired) electrons. The molecule has 0 aliphatic carbocycles. The molecule has 0 spiro atoms. The summed E-state index contributed by atoms with van der Waals surface area (Å²) in [5, 5.41) is 5.90. The Morgan fingerprint density at radius 2 is 1.97 bits per heavy atom. The Hall–Kier alpha value is -3.06. The number of benzene rings is 2. The molecule has 1 aliphatic heterocycles. The highest BCUT2D eigenvalue weighted by Gasteiger charge is 2.15. The molecule has 8 heteroatoms. The second kappa shape index (κ2) is 9.63. The van der Waals surface area contributed by atoms with Crippen molar-refractivity contribution in [2.24, 2.45) is 0 Å². The highest BCUT2D eigenvalue weighted by atomic mass is 35.5. The van der Waals surface area contributed by atoms with E-state index in [1.165, 1.54) is 4.90 Å². The van der Waals surface area contributed by atoms with E-state index in [-0.39, 0.29) is 24.1 Å². The predicted octanol–water partition coefficient (Wildman–Crippen LogP) is 3.72. The van der Waals surface area contributed by atoms with Gasteiger partial charge in [0, 0.05) is 38.3 Å². The topological polar surface area (TPSA) is 87.7 Å². The SMILES string of the molecule is CN(C)C(=O)c1ccc(NC(=O)CCCOc2ccc3c(c2)CCC(=O)N3)cc1Cl. The Labute approximate surface area is 180 Å². The van der Waals surface area contributed by atoms with Crippen molar-refractivity contribution in [1.29, 1.82) is 0 Å². The van der Waals surface area contributed by atoms with Gasteiger partial charge < -0.3 is 20.3 Å². The maximum absolute atomic E-state index is 12.2. The first kappa shape index (κ1) is 21.6. The van der Waals surface area contributed by atoms with Gasteiger partial charge in [-0.1, -0.05) is 11.6 Å². The molecule has 0 bridgehead atoms. The van der Waals surface area contributed by atoms with Crippen LogP contribution in [0.3, 0.4) is 0 Å². The third-order valence-electron chi connectivity index (χ3n) is 4.68. The third kappa shape index (κ3) is 5.51. The Balaban J connectivity index is 1.45. The minimum absolute atomic E-state index is 0.0300. The van der Waals surface area contributed by atoms with E-state index in [1.54, 1.807) is 32.3 Å². The largest absolute Gasteiger partial charge is 0.494 e. The van der Waals surface area contributed by atoms with E-state index in [1.807, 2.05) is 18.2 Å². The lowest BCUT2D eigenvalue weighted by Gasteiger charge is -2.17. The minimum atomic E-state index is -0.195. The first-order valence-corrected chi connectivity index (χ1v) is 10.1. The van der Waals surface area contributed by atoms with Gasteiger partial charge in [-0.25, -0.2) is 0 Å². The zero-order valence-electron chi connectivity index (χ0n) is 17.0. The Bertz CT molecular complexity index is 975. The number of carbonyl (C=O) groups is 3. The predicted molar refractivity (Wildman–Crippen MR) is 116 cm³/mol. The van der Waals surface area contributed by atoms with Gasteiger partial charge in [0.25, 0.3) is 5.91 Å². The summed E-state index contributed by atoms with van der Waals surface area (Å²) in [5.74, 6) is 0.398. The van der Waals surface area contributed by atoms with Crippen molar-refractivity contribution >= 4 is 40.7 Å². The molecule has 3 rings (SSSR count). The molecule has 158 valence electrons. The van der Waals surface area contributed by atoms with Crippen LogP contribution in [-0.4, -0.2) is 43.3 Å². The molecular weight excluding hydrogens is 406 g/mol. The highest BCUT2D eigenvalue weighted by Crippen LogP contribution is 2.27. The van der Waals surface area contributed by atoms with Crippen molar-refractivity contribution in [3.63, 3.8) is 0 Å². The molecular formula is C22H24ClN3O4. The van der Waals surface area contributed by atoms with E-state index >= 15 is 0 Å². The van der Waals surface area contributed by atoms with Gasteiger partial charge in [0.1, 0.15) is 5.75 Å². The Morgan fingerprint density at radius 3 is 2.70 bits per heavy atom. The van der Waals surface area contributed by atoms with E-state index in [4.69, 9.17) is 16.3 Å². The fourth-order valence-corrected chi connectivity index (χ4v) is 3.36. The number of aryl methyl sites for hydroxylation is 1. The monoisotopic (exact) mass is 429 g/mol. The summed E-state index contributed by atoms with van der Waals surface area (Å²) >= 11 is 6.16. The number of hydrogen-bond acceptors (Lipinski definition) is 4. The quantitative estimate of drug-likeness (QED) is 0.656. The number of carbonyl (C=O) groups excluding carboxylic acids is 3. The third-order valence-corrected chi connectivity index (χ3v) is 4.99. The molecule has 30 heavy (non-hydrogen) atoms. The van der Waals surface area contributed by atoms with Gasteiger partial charge in [-0.15, -0.1) is 0 Å². The van der Waals surface area contributed by atoms with Crippen molar-refractivity contribution in [1.82, 2.24) is 4.90 Å². The van der Waals surface area contributed by atoms with Crippen LogP contribution in [0.15, 0.2) is 36.4 Å². The van der Waals surface area contributed by atoms with Gasteiger partial charge in [-0.3, -0.25) is 14.4 Å². The zero-order chi connectivity index (χ0) is 21.7. The fraction of sp³-hybridized carbons (Fsp3) is 0.318. The lowest BCUT2D eigenvalue weighted by Crippen LogP contribution is -2.22. The number of amides is 3. The normalized spacial score (nSPS) is 12.6. The van der Waals surface area contributed by atoms with Crippen LogP contribution in [0.4, 0.5) is 11.4 Å². The summed E-state index contributed by atoms with van der Waals surface area (Å²) in [5.41, 5.74) is 2.81. The smallest absolute Gasteiger partial charge is 0.254 e. The number of ether oxygens (including phenoxy) is 1. The van der Waals surface area contributed by atoms with E-state index in [0.717, 1.165) is 17.0 Å². The van der Waals surface area contributed by atoms with Gasteiger partial charge in [-0.05, 0) is 54.8 Å². The fourth-order valence-electron chi connectivity index (χ4n) is 3.10. The molecule has 0 unspecified atom stereocenters. The van der Waals surface area contributed by atoms with Crippen molar-refractivity contribution < 1.29 is 19.1 Å². The molecule has 1 aliphatic rings. The van der Waals surface area contributed by atoms with Crippen LogP contribution >= 0.6 is 11.6 Å². The summed E-state index contributed by atoms with van der Waals surface area (Å²) in [7, 11) is 3.30. The van der Waals surface area contributed by atoms with E-state index in [9.17, 15) is 14.4 Å². The van der Waals surface area contributed by atoms with Gasteiger partial charge in [0.15, 0.2) is 0 Å². The second-order valence-electron chi connectivity index (χ2n) is 7.26. The molecule has 0 saturated heterocycles. The Kier molecular flexibility index (Phi) is 6.95. The average molecular weight is 430 g/mol. The van der Waals surface area contributed by atoms with Crippen LogP contribution in [0.2, 0.25) is 5.02 Å². The van der Waals surface area contributed by atoms with Crippen molar-refractivity contribution in [3.05, 3.63) is 52.5 Å². The summed E-state index contributed by atoms with van der Waals surface area (Å²) in [4.78, 5) is 37.0. The maximum atomic E-state index is 12.2. The number of halogens is 1. The lowest BCUT2D eigenvalue weighted by molar-refractivity contribution is -0.117. The molecule has 0 atom stereocenters. The van der Waals surface area contributed by atoms with E-state index < -0.39 is 0 Å². The van der Waals surface area contributed by atoms with Gasteiger partial charge in [-0.2, -0.15) is 0 Å². The van der Waals surface area contributed by atoms with Gasteiger partial charge in [0.05, 0.1) is 17.2 Å². The number of nitrogens with one attached hydrogen (secondary N) is 2. The second-order valence-corrected chi connectivity index (χ2v) is 7.67. The van der Waals surface area contributed by atoms with Crippen LogP contribution in [0.25, 0.3) is 0 Å². The number of anilines is 2. The molecule has 1 heterocycles. The van der Waals surface area contributed by atoms with Gasteiger partial charge >= 0.3 is 0 Å². The average Bonchev–Trinajstić information content (AvgIpc) is 2.71. The number of rotatable bonds is 7. The number of hydrogen-bond donors (Lipinski definition) is 2. The summed E-state index contributed by atoms with van der Waals surface area (Å²) in [6.45, 7) is 0.398. The van der Waals surface area contributed by atoms with Crippen molar-refractivity contribution in [3.8, 4) is 5.75 Å². The molecule has 7 nitrogen and oxygen atoms in total. The first-order chi connectivity index (χ1) is 14.3. The van der Waals surface area contributed by atoms with Crippen LogP contribution < -0.4 is 15.4 Å². The van der Waals surface area contributed by atoms with Crippen LogP contribution in [-0.2, 0) is 16.0 Å². The van der Waals surface area contributed by atoms with Crippen molar-refractivity contribution in [2.75, 3.05) is 31.3 Å². The van der Waals surface area contributed by atoms with E-state index in [2.05, 4.69) is 10.6 Å². The van der Waals surface area contributed by atoms with Crippen molar-refractivity contribution in [2.45, 2.75) is 25.7 Å². The van der Waals surface area contributed by atoms with Crippen LogP contribution in [0, 0.1) is 0 Å².